The number of aromatic nitrogens is 3. The van der Waals surface area contributed by atoms with Gasteiger partial charge in [0.15, 0.2) is 0 Å². The molecule has 1 heterocycles. The van der Waals surface area contributed by atoms with Crippen molar-refractivity contribution >= 4 is 0 Å². The van der Waals surface area contributed by atoms with E-state index in [0.29, 0.717) is 0 Å². The van der Waals surface area contributed by atoms with Gasteiger partial charge in [-0.15, -0.1) is 0 Å². The molecule has 0 saturated carbocycles. The third-order valence-corrected chi connectivity index (χ3v) is 5.21. The van der Waals surface area contributed by atoms with Gasteiger partial charge in [0.25, 0.3) is 0 Å². The molecule has 0 saturated heterocycles. The number of aromatic amines is 1. The summed E-state index contributed by atoms with van der Waals surface area (Å²) in [5, 5.41) is 6.99. The predicted octanol–water partition coefficient (Wildman–Crippen LogP) is 6.95. The lowest BCUT2D eigenvalue weighted by Gasteiger charge is -2.21. The van der Waals surface area contributed by atoms with Crippen LogP contribution in [0.2, 0.25) is 0 Å². The highest BCUT2D eigenvalue weighted by molar-refractivity contribution is 5.00. The molecule has 0 bridgehead atoms. The normalized spacial score (nSPS) is 12.0. The van der Waals surface area contributed by atoms with Gasteiger partial charge in [-0.25, -0.2) is 4.98 Å². The van der Waals surface area contributed by atoms with Crippen LogP contribution in [0.15, 0.2) is 6.33 Å². The van der Waals surface area contributed by atoms with E-state index < -0.39 is 0 Å². The Hall–Kier alpha value is -0.860. The number of nitrogens with one attached hydrogen (secondary N) is 1. The number of rotatable bonds is 16. The summed E-state index contributed by atoms with van der Waals surface area (Å²) in [5.74, 6) is 1.03. The Balaban J connectivity index is 1.82. The van der Waals surface area contributed by atoms with E-state index in [1.807, 2.05) is 0 Å². The van der Waals surface area contributed by atoms with Gasteiger partial charge in [0.2, 0.25) is 0 Å². The van der Waals surface area contributed by atoms with Crippen molar-refractivity contribution in [3.8, 4) is 0 Å². The summed E-state index contributed by atoms with van der Waals surface area (Å²) in [6.45, 7) is 6.81. The fourth-order valence-electron chi connectivity index (χ4n) is 3.41. The third-order valence-electron chi connectivity index (χ3n) is 5.21. The van der Waals surface area contributed by atoms with E-state index in [1.54, 1.807) is 6.33 Å². The number of hydrogen-bond acceptors (Lipinski definition) is 2. The predicted molar refractivity (Wildman–Crippen MR) is 104 cm³/mol. The maximum atomic E-state index is 4.31. The van der Waals surface area contributed by atoms with E-state index in [4.69, 9.17) is 0 Å². The maximum absolute atomic E-state index is 4.31. The molecule has 0 atom stereocenters. The molecule has 0 aliphatic carbocycles. The van der Waals surface area contributed by atoms with E-state index >= 15 is 0 Å². The van der Waals surface area contributed by atoms with Gasteiger partial charge < -0.3 is 0 Å². The molecule has 0 radical (unpaired) electrons. The molecule has 1 aromatic rings. The monoisotopic (exact) mass is 335 g/mol. The van der Waals surface area contributed by atoms with Gasteiger partial charge in [-0.2, -0.15) is 5.10 Å². The summed E-state index contributed by atoms with van der Waals surface area (Å²) >= 11 is 0. The highest BCUT2D eigenvalue weighted by Crippen LogP contribution is 2.26. The van der Waals surface area contributed by atoms with Crippen LogP contribution in [0.3, 0.4) is 0 Å². The van der Waals surface area contributed by atoms with E-state index in [-0.39, 0.29) is 5.41 Å². The molecule has 0 spiro atoms. The second-order valence-corrected chi connectivity index (χ2v) is 8.06. The molecule has 0 amide bonds. The van der Waals surface area contributed by atoms with E-state index in [9.17, 15) is 0 Å². The van der Waals surface area contributed by atoms with E-state index in [0.717, 1.165) is 5.82 Å². The second kappa shape index (κ2) is 13.4. The third kappa shape index (κ3) is 10.1. The van der Waals surface area contributed by atoms with Gasteiger partial charge in [-0.05, 0) is 6.42 Å². The summed E-state index contributed by atoms with van der Waals surface area (Å²) in [6, 6.07) is 0. The number of H-pyrrole nitrogens is 1. The molecule has 0 unspecified atom stereocenters. The van der Waals surface area contributed by atoms with E-state index in [2.05, 4.69) is 36.0 Å². The van der Waals surface area contributed by atoms with Gasteiger partial charge in [-0.3, -0.25) is 5.10 Å². The molecule has 3 nitrogen and oxygen atoms in total. The summed E-state index contributed by atoms with van der Waals surface area (Å²) in [5.41, 5.74) is 0.133. The maximum Gasteiger partial charge on any atom is 0.137 e. The molecule has 1 rings (SSSR count). The Bertz CT molecular complexity index is 370. The van der Waals surface area contributed by atoms with Crippen molar-refractivity contribution < 1.29 is 0 Å². The molecule has 24 heavy (non-hydrogen) atoms. The molecule has 140 valence electrons. The molecule has 0 aromatic carbocycles. The van der Waals surface area contributed by atoms with Crippen LogP contribution in [0.25, 0.3) is 0 Å². The highest BCUT2D eigenvalue weighted by atomic mass is 15.2. The Labute approximate surface area is 150 Å². The van der Waals surface area contributed by atoms with Crippen LogP contribution in [-0.4, -0.2) is 15.2 Å². The minimum atomic E-state index is 0.133. The van der Waals surface area contributed by atoms with Crippen LogP contribution in [-0.2, 0) is 5.41 Å². The smallest absolute Gasteiger partial charge is 0.137 e. The van der Waals surface area contributed by atoms with Crippen LogP contribution < -0.4 is 0 Å². The lowest BCUT2D eigenvalue weighted by atomic mass is 9.86. The van der Waals surface area contributed by atoms with Crippen LogP contribution >= 0.6 is 0 Å². The zero-order valence-electron chi connectivity index (χ0n) is 16.6. The average Bonchev–Trinajstić information content (AvgIpc) is 3.10. The summed E-state index contributed by atoms with van der Waals surface area (Å²) in [4.78, 5) is 4.31. The van der Waals surface area contributed by atoms with Gasteiger partial charge in [-0.1, -0.05) is 111 Å². The minimum Gasteiger partial charge on any atom is -0.263 e. The number of hydrogen-bond donors (Lipinski definition) is 1. The summed E-state index contributed by atoms with van der Waals surface area (Å²) in [7, 11) is 0. The van der Waals surface area contributed by atoms with Crippen molar-refractivity contribution in [2.45, 2.75) is 122 Å². The average molecular weight is 336 g/mol. The Kier molecular flexibility index (Phi) is 11.9. The van der Waals surface area contributed by atoms with Crippen molar-refractivity contribution in [1.82, 2.24) is 15.2 Å². The zero-order valence-corrected chi connectivity index (χ0v) is 16.6. The first kappa shape index (κ1) is 21.2. The fraction of sp³-hybridized carbons (Fsp3) is 0.905. The molecule has 1 N–H and O–H groups in total. The molecular formula is C21H41N3. The summed E-state index contributed by atoms with van der Waals surface area (Å²) in [6.07, 6.45) is 22.7. The Morgan fingerprint density at radius 2 is 1.21 bits per heavy atom. The Morgan fingerprint density at radius 1 is 0.750 bits per heavy atom. The first-order valence-corrected chi connectivity index (χ1v) is 10.5. The molecule has 3 heteroatoms. The van der Waals surface area contributed by atoms with Crippen molar-refractivity contribution in [2.24, 2.45) is 0 Å². The van der Waals surface area contributed by atoms with E-state index in [1.165, 1.54) is 96.3 Å². The topological polar surface area (TPSA) is 41.6 Å². The minimum absolute atomic E-state index is 0.133. The summed E-state index contributed by atoms with van der Waals surface area (Å²) < 4.78 is 0. The largest absolute Gasteiger partial charge is 0.263 e. The van der Waals surface area contributed by atoms with Crippen molar-refractivity contribution in [2.75, 3.05) is 0 Å². The van der Waals surface area contributed by atoms with Gasteiger partial charge in [0.05, 0.1) is 0 Å². The standard InChI is InChI=1S/C21H41N3/c1-4-5-6-7-8-9-10-11-12-13-14-15-16-17-18-21(2,3)20-22-19-23-24-20/h19H,4-18H2,1-3H3,(H,22,23,24). The van der Waals surface area contributed by atoms with Gasteiger partial charge >= 0.3 is 0 Å². The van der Waals surface area contributed by atoms with Crippen molar-refractivity contribution in [3.05, 3.63) is 12.2 Å². The quantitative estimate of drug-likeness (QED) is 0.332. The van der Waals surface area contributed by atoms with Crippen LogP contribution in [0.1, 0.15) is 123 Å². The van der Waals surface area contributed by atoms with Crippen molar-refractivity contribution in [1.29, 1.82) is 0 Å². The lowest BCUT2D eigenvalue weighted by molar-refractivity contribution is 0.420. The highest BCUT2D eigenvalue weighted by Gasteiger charge is 2.22. The van der Waals surface area contributed by atoms with Crippen molar-refractivity contribution in [3.63, 3.8) is 0 Å². The molecular weight excluding hydrogens is 294 g/mol. The first-order valence-electron chi connectivity index (χ1n) is 10.5. The number of unbranched alkanes of at least 4 members (excludes halogenated alkanes) is 13. The molecule has 0 aliphatic rings. The van der Waals surface area contributed by atoms with Gasteiger partial charge in [0.1, 0.15) is 12.2 Å². The Morgan fingerprint density at radius 3 is 1.62 bits per heavy atom. The first-order chi connectivity index (χ1) is 11.7. The second-order valence-electron chi connectivity index (χ2n) is 8.06. The molecule has 0 aliphatic heterocycles. The van der Waals surface area contributed by atoms with Crippen LogP contribution in [0.5, 0.6) is 0 Å². The molecule has 1 aromatic heterocycles. The zero-order chi connectivity index (χ0) is 17.5. The lowest BCUT2D eigenvalue weighted by Crippen LogP contribution is -2.19. The fourth-order valence-corrected chi connectivity index (χ4v) is 3.41. The van der Waals surface area contributed by atoms with Gasteiger partial charge in [0, 0.05) is 5.41 Å². The molecule has 0 fully saturated rings. The number of nitrogens with zero attached hydrogens (tertiary/aromatic N) is 2. The van der Waals surface area contributed by atoms with Crippen LogP contribution in [0, 0.1) is 0 Å². The van der Waals surface area contributed by atoms with Crippen LogP contribution in [0.4, 0.5) is 0 Å². The SMILES string of the molecule is CCCCCCCCCCCCCCCCC(C)(C)c1ncn[nH]1.